The first-order valence-electron chi connectivity index (χ1n) is 4.75. The molecule has 1 atom stereocenters. The maximum atomic E-state index is 5.25. The molecule has 0 saturated heterocycles. The highest BCUT2D eigenvalue weighted by molar-refractivity contribution is 5.75. The van der Waals surface area contributed by atoms with Crippen molar-refractivity contribution in [3.63, 3.8) is 0 Å². The largest absolute Gasteiger partial charge is 0.370 e. The Morgan fingerprint density at radius 1 is 1.25 bits per heavy atom. The Hall–Kier alpha value is -0.730. The second kappa shape index (κ2) is 6.95. The Bertz CT molecular complexity index is 128. The summed E-state index contributed by atoms with van der Waals surface area (Å²) in [5.41, 5.74) is 10.5. The highest BCUT2D eigenvalue weighted by Crippen LogP contribution is 2.06. The van der Waals surface area contributed by atoms with Gasteiger partial charge in [0.2, 0.25) is 0 Å². The van der Waals surface area contributed by atoms with Crippen molar-refractivity contribution in [3.05, 3.63) is 0 Å². The summed E-state index contributed by atoms with van der Waals surface area (Å²) in [6, 6.07) is 0.284. The van der Waals surface area contributed by atoms with Crippen molar-refractivity contribution in [2.24, 2.45) is 16.5 Å². The van der Waals surface area contributed by atoms with Crippen LogP contribution in [0.1, 0.15) is 46.0 Å². The first-order valence-corrected chi connectivity index (χ1v) is 4.75. The number of aliphatic imine (C=N–C) groups is 1. The van der Waals surface area contributed by atoms with Crippen LogP contribution in [0.5, 0.6) is 0 Å². The summed E-state index contributed by atoms with van der Waals surface area (Å²) in [4.78, 5) is 4.05. The Balaban J connectivity index is 3.32. The van der Waals surface area contributed by atoms with E-state index >= 15 is 0 Å². The molecule has 0 aromatic heterocycles. The lowest BCUT2D eigenvalue weighted by molar-refractivity contribution is 0.576. The van der Waals surface area contributed by atoms with Crippen LogP contribution in [-0.2, 0) is 0 Å². The van der Waals surface area contributed by atoms with Gasteiger partial charge in [0, 0.05) is 0 Å². The second-order valence-electron chi connectivity index (χ2n) is 3.25. The Kier molecular flexibility index (Phi) is 6.53. The molecule has 0 spiro atoms. The molecule has 3 heteroatoms. The molecule has 3 nitrogen and oxygen atoms in total. The van der Waals surface area contributed by atoms with Crippen molar-refractivity contribution < 1.29 is 0 Å². The standard InChI is InChI=1S/C9H21N3/c1-3-4-5-6-7-8(2)12-9(10)11/h8H,3-7H2,1-2H3,(H4,10,11,12). The highest BCUT2D eigenvalue weighted by atomic mass is 15.0. The SMILES string of the molecule is CCCCCCC(C)N=C(N)N. The zero-order chi connectivity index (χ0) is 9.40. The number of nitrogens with two attached hydrogens (primary N) is 2. The van der Waals surface area contributed by atoms with Crippen LogP contribution in [-0.4, -0.2) is 12.0 Å². The lowest BCUT2D eigenvalue weighted by Crippen LogP contribution is -2.24. The first-order chi connectivity index (χ1) is 5.66. The van der Waals surface area contributed by atoms with E-state index in [-0.39, 0.29) is 12.0 Å². The number of unbranched alkanes of at least 4 members (excludes halogenated alkanes) is 3. The third-order valence-corrected chi connectivity index (χ3v) is 1.84. The molecule has 4 N–H and O–H groups in total. The van der Waals surface area contributed by atoms with Gasteiger partial charge in [0.15, 0.2) is 5.96 Å². The van der Waals surface area contributed by atoms with E-state index in [2.05, 4.69) is 11.9 Å². The van der Waals surface area contributed by atoms with E-state index in [9.17, 15) is 0 Å². The molecule has 0 rings (SSSR count). The predicted molar refractivity (Wildman–Crippen MR) is 54.0 cm³/mol. The van der Waals surface area contributed by atoms with Crippen molar-refractivity contribution >= 4 is 5.96 Å². The van der Waals surface area contributed by atoms with Crippen molar-refractivity contribution in [2.75, 3.05) is 0 Å². The summed E-state index contributed by atoms with van der Waals surface area (Å²) in [5, 5.41) is 0. The van der Waals surface area contributed by atoms with Crippen molar-refractivity contribution in [2.45, 2.75) is 52.0 Å². The van der Waals surface area contributed by atoms with Crippen LogP contribution < -0.4 is 11.5 Å². The number of nitrogens with zero attached hydrogens (tertiary/aromatic N) is 1. The summed E-state index contributed by atoms with van der Waals surface area (Å²) in [6.45, 7) is 4.26. The lowest BCUT2D eigenvalue weighted by atomic mass is 10.1. The lowest BCUT2D eigenvalue weighted by Gasteiger charge is -2.05. The van der Waals surface area contributed by atoms with Gasteiger partial charge in [0.05, 0.1) is 6.04 Å². The van der Waals surface area contributed by atoms with Gasteiger partial charge in [-0.05, 0) is 13.3 Å². The fraction of sp³-hybridized carbons (Fsp3) is 0.889. The quantitative estimate of drug-likeness (QED) is 0.362. The van der Waals surface area contributed by atoms with E-state index in [1.54, 1.807) is 0 Å². The Morgan fingerprint density at radius 2 is 1.92 bits per heavy atom. The number of hydrogen-bond acceptors (Lipinski definition) is 1. The average molecular weight is 171 g/mol. The normalized spacial score (nSPS) is 12.5. The smallest absolute Gasteiger partial charge is 0.186 e. The van der Waals surface area contributed by atoms with Crippen LogP contribution in [0.15, 0.2) is 4.99 Å². The topological polar surface area (TPSA) is 64.4 Å². The minimum atomic E-state index is 0.206. The van der Waals surface area contributed by atoms with Crippen LogP contribution in [0.4, 0.5) is 0 Å². The zero-order valence-electron chi connectivity index (χ0n) is 8.21. The number of hydrogen-bond donors (Lipinski definition) is 2. The molecule has 0 saturated carbocycles. The maximum Gasteiger partial charge on any atom is 0.186 e. The van der Waals surface area contributed by atoms with Gasteiger partial charge in [-0.25, -0.2) is 0 Å². The van der Waals surface area contributed by atoms with E-state index in [1.165, 1.54) is 25.7 Å². The minimum absolute atomic E-state index is 0.206. The molecule has 0 fully saturated rings. The van der Waals surface area contributed by atoms with Gasteiger partial charge in [-0.15, -0.1) is 0 Å². The number of rotatable bonds is 6. The second-order valence-corrected chi connectivity index (χ2v) is 3.25. The molecule has 72 valence electrons. The molecule has 12 heavy (non-hydrogen) atoms. The fourth-order valence-electron chi connectivity index (χ4n) is 1.19. The fourth-order valence-corrected chi connectivity index (χ4v) is 1.19. The molecular formula is C9H21N3. The maximum absolute atomic E-state index is 5.25. The van der Waals surface area contributed by atoms with Crippen molar-refractivity contribution in [1.82, 2.24) is 0 Å². The summed E-state index contributed by atoms with van der Waals surface area (Å²) in [7, 11) is 0. The van der Waals surface area contributed by atoms with Crippen LogP contribution in [0.25, 0.3) is 0 Å². The van der Waals surface area contributed by atoms with Gasteiger partial charge in [0.25, 0.3) is 0 Å². The molecule has 0 bridgehead atoms. The molecule has 0 aromatic carbocycles. The van der Waals surface area contributed by atoms with Crippen LogP contribution in [0, 0.1) is 0 Å². The third-order valence-electron chi connectivity index (χ3n) is 1.84. The molecule has 0 aromatic rings. The van der Waals surface area contributed by atoms with Crippen molar-refractivity contribution in [3.8, 4) is 0 Å². The molecule has 0 heterocycles. The van der Waals surface area contributed by atoms with E-state index in [1.807, 2.05) is 6.92 Å². The molecular weight excluding hydrogens is 150 g/mol. The van der Waals surface area contributed by atoms with Gasteiger partial charge in [-0.3, -0.25) is 4.99 Å². The van der Waals surface area contributed by atoms with Gasteiger partial charge >= 0.3 is 0 Å². The Labute approximate surface area is 75.2 Å². The zero-order valence-corrected chi connectivity index (χ0v) is 8.21. The van der Waals surface area contributed by atoms with Crippen LogP contribution in [0.3, 0.4) is 0 Å². The summed E-state index contributed by atoms with van der Waals surface area (Å²) >= 11 is 0. The predicted octanol–water partition coefficient (Wildman–Crippen LogP) is 1.62. The van der Waals surface area contributed by atoms with Crippen LogP contribution in [0.2, 0.25) is 0 Å². The van der Waals surface area contributed by atoms with Gasteiger partial charge in [-0.2, -0.15) is 0 Å². The molecule has 0 aliphatic rings. The summed E-state index contributed by atoms with van der Waals surface area (Å²) < 4.78 is 0. The molecule has 0 radical (unpaired) electrons. The molecule has 0 amide bonds. The summed E-state index contributed by atoms with van der Waals surface area (Å²) in [5.74, 6) is 0.206. The van der Waals surface area contributed by atoms with Gasteiger partial charge in [-0.1, -0.05) is 32.6 Å². The van der Waals surface area contributed by atoms with Gasteiger partial charge in [0.1, 0.15) is 0 Å². The summed E-state index contributed by atoms with van der Waals surface area (Å²) in [6.07, 6.45) is 6.20. The van der Waals surface area contributed by atoms with E-state index in [0.29, 0.717) is 0 Å². The van der Waals surface area contributed by atoms with E-state index < -0.39 is 0 Å². The van der Waals surface area contributed by atoms with Gasteiger partial charge < -0.3 is 11.5 Å². The first kappa shape index (κ1) is 11.3. The van der Waals surface area contributed by atoms with Crippen molar-refractivity contribution in [1.29, 1.82) is 0 Å². The average Bonchev–Trinajstić information content (AvgIpc) is 1.97. The molecule has 1 unspecified atom stereocenters. The molecule has 0 aliphatic carbocycles. The number of guanidine groups is 1. The van der Waals surface area contributed by atoms with Crippen LogP contribution >= 0.6 is 0 Å². The van der Waals surface area contributed by atoms with E-state index in [0.717, 1.165) is 6.42 Å². The van der Waals surface area contributed by atoms with E-state index in [4.69, 9.17) is 11.5 Å². The molecule has 0 aliphatic heterocycles. The monoisotopic (exact) mass is 171 g/mol. The Morgan fingerprint density at radius 3 is 2.42 bits per heavy atom. The third kappa shape index (κ3) is 7.38. The highest BCUT2D eigenvalue weighted by Gasteiger charge is 1.98. The minimum Gasteiger partial charge on any atom is -0.370 e.